The molecule has 86 valence electrons. The molecule has 0 aliphatic rings. The van der Waals surface area contributed by atoms with Crippen LogP contribution in [-0.2, 0) is 6.42 Å². The van der Waals surface area contributed by atoms with E-state index < -0.39 is 0 Å². The maximum absolute atomic E-state index is 3.77. The first-order valence-corrected chi connectivity index (χ1v) is 6.15. The molecule has 0 aliphatic carbocycles. The maximum Gasteiger partial charge on any atom is -0.0181 e. The molecule has 0 saturated heterocycles. The third-order valence-electron chi connectivity index (χ3n) is 2.95. The normalized spacial score (nSPS) is 10.2. The molecule has 0 spiro atoms. The first-order chi connectivity index (χ1) is 8.33. The van der Waals surface area contributed by atoms with Crippen LogP contribution in [0.1, 0.15) is 24.5 Å². The summed E-state index contributed by atoms with van der Waals surface area (Å²) in [5.41, 5.74) is 5.15. The van der Waals surface area contributed by atoms with Crippen LogP contribution in [0.2, 0.25) is 0 Å². The van der Waals surface area contributed by atoms with Gasteiger partial charge < -0.3 is 0 Å². The third kappa shape index (κ3) is 2.85. The molecule has 0 unspecified atom stereocenters. The van der Waals surface area contributed by atoms with Gasteiger partial charge in [0.25, 0.3) is 0 Å². The summed E-state index contributed by atoms with van der Waals surface area (Å²) >= 11 is 0. The highest BCUT2D eigenvalue weighted by atomic mass is 14.0. The van der Waals surface area contributed by atoms with E-state index in [0.717, 1.165) is 6.42 Å². The zero-order valence-electron chi connectivity index (χ0n) is 10.3. The van der Waals surface area contributed by atoms with Gasteiger partial charge in [0.2, 0.25) is 0 Å². The van der Waals surface area contributed by atoms with Crippen LogP contribution in [0.25, 0.3) is 17.2 Å². The molecular weight excluding hydrogens is 204 g/mol. The summed E-state index contributed by atoms with van der Waals surface area (Å²) in [6.45, 7) is 5.99. The average molecular weight is 222 g/mol. The number of aryl methyl sites for hydroxylation is 1. The van der Waals surface area contributed by atoms with Gasteiger partial charge in [-0.2, -0.15) is 0 Å². The van der Waals surface area contributed by atoms with Gasteiger partial charge in [0, 0.05) is 0 Å². The lowest BCUT2D eigenvalue weighted by Crippen LogP contribution is -1.84. The lowest BCUT2D eigenvalue weighted by atomic mass is 10.0. The Bertz CT molecular complexity index is 492. The van der Waals surface area contributed by atoms with Crippen LogP contribution in [0.5, 0.6) is 0 Å². The Hall–Kier alpha value is -1.82. The van der Waals surface area contributed by atoms with Crippen LogP contribution in [0.15, 0.2) is 55.1 Å². The summed E-state index contributed by atoms with van der Waals surface area (Å²) in [6, 6.07) is 17.3. The largest absolute Gasteiger partial charge is 0.0985 e. The lowest BCUT2D eigenvalue weighted by molar-refractivity contribution is 0.922. The zero-order valence-corrected chi connectivity index (χ0v) is 10.3. The second-order valence-corrected chi connectivity index (χ2v) is 4.28. The number of rotatable bonds is 4. The van der Waals surface area contributed by atoms with Crippen molar-refractivity contribution in [2.45, 2.75) is 19.8 Å². The SMILES string of the molecule is C=Cc1ccc(-c2cccc(CCC)c2)cc1. The summed E-state index contributed by atoms with van der Waals surface area (Å²) in [5, 5.41) is 0. The zero-order chi connectivity index (χ0) is 12.1. The summed E-state index contributed by atoms with van der Waals surface area (Å²) in [5.74, 6) is 0. The summed E-state index contributed by atoms with van der Waals surface area (Å²) < 4.78 is 0. The van der Waals surface area contributed by atoms with Crippen molar-refractivity contribution in [2.24, 2.45) is 0 Å². The molecule has 2 aromatic rings. The smallest absolute Gasteiger partial charge is 0.0181 e. The Labute approximate surface area is 104 Å². The second kappa shape index (κ2) is 5.49. The fourth-order valence-corrected chi connectivity index (χ4v) is 2.01. The van der Waals surface area contributed by atoms with Gasteiger partial charge in [-0.3, -0.25) is 0 Å². The second-order valence-electron chi connectivity index (χ2n) is 4.28. The monoisotopic (exact) mass is 222 g/mol. The van der Waals surface area contributed by atoms with E-state index in [1.165, 1.54) is 28.7 Å². The molecule has 0 nitrogen and oxygen atoms in total. The molecule has 17 heavy (non-hydrogen) atoms. The van der Waals surface area contributed by atoms with Crippen molar-refractivity contribution in [1.29, 1.82) is 0 Å². The molecule has 0 heteroatoms. The average Bonchev–Trinajstić information content (AvgIpc) is 2.40. The van der Waals surface area contributed by atoms with Crippen LogP contribution in [0.3, 0.4) is 0 Å². The fourth-order valence-electron chi connectivity index (χ4n) is 2.01. The summed E-state index contributed by atoms with van der Waals surface area (Å²) in [6.07, 6.45) is 4.22. The van der Waals surface area contributed by atoms with Crippen LogP contribution >= 0.6 is 0 Å². The molecule has 0 heterocycles. The van der Waals surface area contributed by atoms with Gasteiger partial charge >= 0.3 is 0 Å². The van der Waals surface area contributed by atoms with Crippen LogP contribution < -0.4 is 0 Å². The topological polar surface area (TPSA) is 0 Å². The molecule has 2 aromatic carbocycles. The third-order valence-corrected chi connectivity index (χ3v) is 2.95. The van der Waals surface area contributed by atoms with Crippen molar-refractivity contribution in [1.82, 2.24) is 0 Å². The van der Waals surface area contributed by atoms with E-state index in [9.17, 15) is 0 Å². The Morgan fingerprint density at radius 1 is 1.00 bits per heavy atom. The van der Waals surface area contributed by atoms with Gasteiger partial charge in [-0.05, 0) is 28.7 Å². The molecule has 0 aromatic heterocycles. The van der Waals surface area contributed by atoms with E-state index in [2.05, 4.69) is 62.0 Å². The summed E-state index contributed by atoms with van der Waals surface area (Å²) in [7, 11) is 0. The van der Waals surface area contributed by atoms with Gasteiger partial charge in [-0.1, -0.05) is 74.5 Å². The number of hydrogen-bond acceptors (Lipinski definition) is 0. The molecule has 2 rings (SSSR count). The first kappa shape index (κ1) is 11.7. The van der Waals surface area contributed by atoms with E-state index in [1.54, 1.807) is 0 Å². The highest BCUT2D eigenvalue weighted by Crippen LogP contribution is 2.21. The quantitative estimate of drug-likeness (QED) is 0.686. The minimum absolute atomic E-state index is 1.15. The molecule has 0 radical (unpaired) electrons. The highest BCUT2D eigenvalue weighted by Gasteiger charge is 1.98. The number of hydrogen-bond donors (Lipinski definition) is 0. The molecule has 0 N–H and O–H groups in total. The van der Waals surface area contributed by atoms with E-state index in [0.29, 0.717) is 0 Å². The molecular formula is C17H18. The van der Waals surface area contributed by atoms with E-state index in [1.807, 2.05) is 6.08 Å². The van der Waals surface area contributed by atoms with Crippen molar-refractivity contribution in [3.63, 3.8) is 0 Å². The van der Waals surface area contributed by atoms with Gasteiger partial charge in [-0.15, -0.1) is 0 Å². The Balaban J connectivity index is 2.31. The number of benzene rings is 2. The lowest BCUT2D eigenvalue weighted by Gasteiger charge is -2.05. The van der Waals surface area contributed by atoms with Crippen molar-refractivity contribution in [2.75, 3.05) is 0 Å². The standard InChI is InChI=1S/C17H18/c1-3-6-15-7-5-8-17(13-15)16-11-9-14(4-2)10-12-16/h4-5,7-13H,2-3,6H2,1H3. The predicted molar refractivity (Wildman–Crippen MR) is 76.0 cm³/mol. The van der Waals surface area contributed by atoms with E-state index in [-0.39, 0.29) is 0 Å². The molecule has 0 amide bonds. The van der Waals surface area contributed by atoms with E-state index in [4.69, 9.17) is 0 Å². The van der Waals surface area contributed by atoms with Crippen LogP contribution in [-0.4, -0.2) is 0 Å². The predicted octanol–water partition coefficient (Wildman–Crippen LogP) is 4.95. The van der Waals surface area contributed by atoms with Crippen molar-refractivity contribution in [3.8, 4) is 11.1 Å². The van der Waals surface area contributed by atoms with Crippen molar-refractivity contribution < 1.29 is 0 Å². The van der Waals surface area contributed by atoms with Crippen molar-refractivity contribution >= 4 is 6.08 Å². The van der Waals surface area contributed by atoms with Gasteiger partial charge in [0.1, 0.15) is 0 Å². The highest BCUT2D eigenvalue weighted by molar-refractivity contribution is 5.66. The van der Waals surface area contributed by atoms with Gasteiger partial charge in [-0.25, -0.2) is 0 Å². The van der Waals surface area contributed by atoms with Crippen LogP contribution in [0, 0.1) is 0 Å². The Morgan fingerprint density at radius 2 is 1.76 bits per heavy atom. The Kier molecular flexibility index (Phi) is 3.77. The maximum atomic E-state index is 3.77. The molecule has 0 aliphatic heterocycles. The van der Waals surface area contributed by atoms with Crippen molar-refractivity contribution in [3.05, 3.63) is 66.2 Å². The minimum atomic E-state index is 1.15. The molecule has 0 atom stereocenters. The van der Waals surface area contributed by atoms with Crippen LogP contribution in [0.4, 0.5) is 0 Å². The Morgan fingerprint density at radius 3 is 2.41 bits per heavy atom. The molecule has 0 saturated carbocycles. The molecule has 0 fully saturated rings. The first-order valence-electron chi connectivity index (χ1n) is 6.15. The van der Waals surface area contributed by atoms with Gasteiger partial charge in [0.05, 0.1) is 0 Å². The fraction of sp³-hybridized carbons (Fsp3) is 0.176. The van der Waals surface area contributed by atoms with Gasteiger partial charge in [0.15, 0.2) is 0 Å². The summed E-state index contributed by atoms with van der Waals surface area (Å²) in [4.78, 5) is 0. The molecule has 0 bridgehead atoms. The minimum Gasteiger partial charge on any atom is -0.0985 e. The van der Waals surface area contributed by atoms with E-state index >= 15 is 0 Å².